The standard InChI is InChI=1S/C29H32N10O2/c1-18-15-32-22-8-7-19(17-39(18)22)24-25(29-31-11-14-41-29)36-27(30)26(35-24)28(40)33-16-20-5-4-6-23(34-20)38-12-9-21(10-13-38)37(2)3/h4-8,11,14-15,17,21H,9-10,12-13,16H2,1-3H3,(H2,30,36)(H,33,40). The van der Waals surface area contributed by atoms with Crippen molar-refractivity contribution in [3.05, 3.63) is 72.3 Å². The largest absolute Gasteiger partial charge is 0.443 e. The number of hydrogen-bond acceptors (Lipinski definition) is 10. The van der Waals surface area contributed by atoms with Gasteiger partial charge in [-0.15, -0.1) is 0 Å². The summed E-state index contributed by atoms with van der Waals surface area (Å²) in [6.07, 6.45) is 8.83. The topological polar surface area (TPSA) is 144 Å². The number of nitrogens with two attached hydrogens (primary N) is 1. The highest BCUT2D eigenvalue weighted by Gasteiger charge is 2.24. The first-order valence-electron chi connectivity index (χ1n) is 13.5. The van der Waals surface area contributed by atoms with E-state index in [0.717, 1.165) is 48.8 Å². The second-order valence-corrected chi connectivity index (χ2v) is 10.4. The van der Waals surface area contributed by atoms with E-state index in [9.17, 15) is 4.79 Å². The molecule has 0 radical (unpaired) electrons. The number of carbonyl (C=O) groups is 1. The molecule has 0 aliphatic carbocycles. The predicted octanol–water partition coefficient (Wildman–Crippen LogP) is 3.19. The molecule has 6 heterocycles. The van der Waals surface area contributed by atoms with Crippen LogP contribution in [0.4, 0.5) is 11.6 Å². The third-order valence-corrected chi connectivity index (χ3v) is 7.48. The average Bonchev–Trinajstić information content (AvgIpc) is 3.66. The summed E-state index contributed by atoms with van der Waals surface area (Å²) < 4.78 is 7.45. The van der Waals surface area contributed by atoms with Gasteiger partial charge < -0.3 is 29.7 Å². The first kappa shape index (κ1) is 26.4. The van der Waals surface area contributed by atoms with Gasteiger partial charge in [0.2, 0.25) is 5.89 Å². The summed E-state index contributed by atoms with van der Waals surface area (Å²) in [7, 11) is 4.26. The van der Waals surface area contributed by atoms with Crippen molar-refractivity contribution in [2.24, 2.45) is 0 Å². The zero-order chi connectivity index (χ0) is 28.5. The molecule has 3 N–H and O–H groups in total. The summed E-state index contributed by atoms with van der Waals surface area (Å²) in [6, 6.07) is 10.2. The number of aryl methyl sites for hydroxylation is 1. The molecule has 0 saturated carbocycles. The zero-order valence-electron chi connectivity index (χ0n) is 23.3. The number of anilines is 2. The summed E-state index contributed by atoms with van der Waals surface area (Å²) in [5.74, 6) is 0.694. The molecule has 12 heteroatoms. The maximum atomic E-state index is 13.3. The number of nitrogens with one attached hydrogen (secondary N) is 1. The maximum absolute atomic E-state index is 13.3. The maximum Gasteiger partial charge on any atom is 0.274 e. The van der Waals surface area contributed by atoms with Crippen molar-refractivity contribution in [1.82, 2.24) is 39.5 Å². The predicted molar refractivity (Wildman–Crippen MR) is 155 cm³/mol. The molecule has 5 aromatic rings. The molecule has 210 valence electrons. The van der Waals surface area contributed by atoms with Gasteiger partial charge in [0.1, 0.15) is 23.4 Å². The Labute approximate surface area is 237 Å². The first-order chi connectivity index (χ1) is 19.9. The van der Waals surface area contributed by atoms with E-state index in [2.05, 4.69) is 49.1 Å². The fourth-order valence-electron chi connectivity index (χ4n) is 5.16. The highest BCUT2D eigenvalue weighted by Crippen LogP contribution is 2.30. The molecule has 1 aliphatic rings. The molecule has 1 amide bonds. The molecule has 5 aromatic heterocycles. The van der Waals surface area contributed by atoms with E-state index in [1.54, 1.807) is 6.20 Å². The Morgan fingerprint density at radius 3 is 2.68 bits per heavy atom. The van der Waals surface area contributed by atoms with E-state index in [1.165, 1.54) is 12.5 Å². The minimum Gasteiger partial charge on any atom is -0.443 e. The minimum atomic E-state index is -0.450. The Kier molecular flexibility index (Phi) is 7.06. The van der Waals surface area contributed by atoms with Gasteiger partial charge in [-0.3, -0.25) is 4.79 Å². The average molecular weight is 553 g/mol. The molecule has 0 aromatic carbocycles. The van der Waals surface area contributed by atoms with Gasteiger partial charge >= 0.3 is 0 Å². The van der Waals surface area contributed by atoms with Crippen molar-refractivity contribution in [2.75, 3.05) is 37.8 Å². The number of aromatic nitrogens is 6. The summed E-state index contributed by atoms with van der Waals surface area (Å²) in [5.41, 5.74) is 10.2. The van der Waals surface area contributed by atoms with Gasteiger partial charge in [0, 0.05) is 42.8 Å². The van der Waals surface area contributed by atoms with Crippen LogP contribution in [0.15, 0.2) is 59.6 Å². The van der Waals surface area contributed by atoms with E-state index in [1.807, 2.05) is 47.9 Å². The number of amides is 1. The number of piperidine rings is 1. The van der Waals surface area contributed by atoms with E-state index in [0.29, 0.717) is 23.0 Å². The molecule has 0 atom stereocenters. The summed E-state index contributed by atoms with van der Waals surface area (Å²) in [4.78, 5) is 40.5. The number of nitrogens with zero attached hydrogens (tertiary/aromatic N) is 8. The Balaban J connectivity index is 1.25. The van der Waals surface area contributed by atoms with Gasteiger partial charge in [0.15, 0.2) is 17.2 Å². The minimum absolute atomic E-state index is 0.0136. The number of hydrogen-bond donors (Lipinski definition) is 2. The SMILES string of the molecule is Cc1cnc2ccc(-c3nc(C(=O)NCc4cccc(N5CCC(N(C)C)CC5)n4)c(N)nc3-c3ncco3)cn12. The highest BCUT2D eigenvalue weighted by atomic mass is 16.3. The Bertz CT molecular complexity index is 1690. The van der Waals surface area contributed by atoms with Gasteiger partial charge in [-0.2, -0.15) is 0 Å². The molecule has 1 saturated heterocycles. The fraction of sp³-hybridized carbons (Fsp3) is 0.310. The number of rotatable bonds is 7. The lowest BCUT2D eigenvalue weighted by molar-refractivity contribution is 0.0946. The smallest absolute Gasteiger partial charge is 0.274 e. The van der Waals surface area contributed by atoms with Crippen LogP contribution in [0.2, 0.25) is 0 Å². The lowest BCUT2D eigenvalue weighted by Crippen LogP contribution is -2.42. The molecule has 0 spiro atoms. The van der Waals surface area contributed by atoms with Gasteiger partial charge in [-0.05, 0) is 58.1 Å². The first-order valence-corrected chi connectivity index (χ1v) is 13.5. The Morgan fingerprint density at radius 1 is 1.10 bits per heavy atom. The van der Waals surface area contributed by atoms with Crippen LogP contribution >= 0.6 is 0 Å². The van der Waals surface area contributed by atoms with Crippen LogP contribution in [-0.4, -0.2) is 73.4 Å². The van der Waals surface area contributed by atoms with Crippen LogP contribution in [-0.2, 0) is 6.54 Å². The second kappa shape index (κ2) is 11.0. The Morgan fingerprint density at radius 2 is 1.93 bits per heavy atom. The quantitative estimate of drug-likeness (QED) is 0.309. The summed E-state index contributed by atoms with van der Waals surface area (Å²) >= 11 is 0. The fourth-order valence-corrected chi connectivity index (χ4v) is 5.16. The second-order valence-electron chi connectivity index (χ2n) is 10.4. The Hall–Kier alpha value is -4.84. The van der Waals surface area contributed by atoms with Crippen LogP contribution in [0.3, 0.4) is 0 Å². The molecule has 0 bridgehead atoms. The summed E-state index contributed by atoms with van der Waals surface area (Å²) in [6.45, 7) is 4.07. The molecule has 1 aliphatic heterocycles. The van der Waals surface area contributed by atoms with Gasteiger partial charge in [0.05, 0.1) is 18.4 Å². The van der Waals surface area contributed by atoms with Gasteiger partial charge in [-0.1, -0.05) is 6.07 Å². The van der Waals surface area contributed by atoms with Gasteiger partial charge in [0.25, 0.3) is 5.91 Å². The van der Waals surface area contributed by atoms with Crippen molar-refractivity contribution in [1.29, 1.82) is 0 Å². The van der Waals surface area contributed by atoms with Crippen molar-refractivity contribution in [3.63, 3.8) is 0 Å². The van der Waals surface area contributed by atoms with E-state index in [-0.39, 0.29) is 23.9 Å². The third kappa shape index (κ3) is 5.33. The number of imidazole rings is 1. The van der Waals surface area contributed by atoms with Crippen LogP contribution in [0, 0.1) is 6.92 Å². The molecule has 1 fully saturated rings. The number of carbonyl (C=O) groups excluding carboxylic acids is 1. The van der Waals surface area contributed by atoms with E-state index >= 15 is 0 Å². The molecular weight excluding hydrogens is 520 g/mol. The normalized spacial score (nSPS) is 14.2. The number of fused-ring (bicyclic) bond motifs is 1. The van der Waals surface area contributed by atoms with Gasteiger partial charge in [-0.25, -0.2) is 24.9 Å². The van der Waals surface area contributed by atoms with Crippen molar-refractivity contribution < 1.29 is 9.21 Å². The monoisotopic (exact) mass is 552 g/mol. The number of pyridine rings is 2. The third-order valence-electron chi connectivity index (χ3n) is 7.48. The zero-order valence-corrected chi connectivity index (χ0v) is 23.3. The van der Waals surface area contributed by atoms with Crippen LogP contribution in [0.1, 0.15) is 34.7 Å². The highest BCUT2D eigenvalue weighted by molar-refractivity contribution is 5.97. The van der Waals surface area contributed by atoms with Crippen molar-refractivity contribution in [3.8, 4) is 22.8 Å². The van der Waals surface area contributed by atoms with Crippen LogP contribution < -0.4 is 16.0 Å². The van der Waals surface area contributed by atoms with Crippen molar-refractivity contribution >= 4 is 23.2 Å². The van der Waals surface area contributed by atoms with Crippen LogP contribution in [0.25, 0.3) is 28.5 Å². The lowest BCUT2D eigenvalue weighted by Gasteiger charge is -2.35. The van der Waals surface area contributed by atoms with Crippen LogP contribution in [0.5, 0.6) is 0 Å². The summed E-state index contributed by atoms with van der Waals surface area (Å²) in [5, 5.41) is 2.91. The lowest BCUT2D eigenvalue weighted by atomic mass is 10.0. The molecule has 6 rings (SSSR count). The number of oxazole rings is 1. The number of nitrogen functional groups attached to an aromatic ring is 1. The molecule has 0 unspecified atom stereocenters. The van der Waals surface area contributed by atoms with E-state index in [4.69, 9.17) is 15.1 Å². The van der Waals surface area contributed by atoms with E-state index < -0.39 is 5.91 Å². The molecule has 41 heavy (non-hydrogen) atoms. The molecular formula is C29H32N10O2. The van der Waals surface area contributed by atoms with Crippen molar-refractivity contribution in [2.45, 2.75) is 32.4 Å². The molecule has 12 nitrogen and oxygen atoms in total.